The zero-order valence-electron chi connectivity index (χ0n) is 21.4. The molecule has 39 heavy (non-hydrogen) atoms. The van der Waals surface area contributed by atoms with Gasteiger partial charge in [0.1, 0.15) is 17.3 Å². The molecule has 2 saturated heterocycles. The Hall–Kier alpha value is -3.31. The van der Waals surface area contributed by atoms with E-state index in [1.807, 2.05) is 35.2 Å². The fourth-order valence-electron chi connectivity index (χ4n) is 6.03. The Morgan fingerprint density at radius 1 is 0.923 bits per heavy atom. The summed E-state index contributed by atoms with van der Waals surface area (Å²) in [7, 11) is -3.45. The molecule has 2 aromatic carbocycles. The Kier molecular flexibility index (Phi) is 6.88. The zero-order chi connectivity index (χ0) is 27.1. The molecule has 6 rings (SSSR count). The van der Waals surface area contributed by atoms with Crippen molar-refractivity contribution in [3.63, 3.8) is 0 Å². The second-order valence-electron chi connectivity index (χ2n) is 10.7. The quantitative estimate of drug-likeness (QED) is 0.441. The standard InChI is InChI=1S/C28H30F2N4O4S/c29-22-10-23(30)12-24(11-22)34-28(35)27(38-25-8-4-5-9-25)26(13-31-34)32-14-20-16-33(17-21(20)15-32)39(36,37)18-19-6-2-1-3-7-19/h1-3,6-7,10-13,20-21,25H,4-5,8-9,14-18H2/t20-,21+. The van der Waals surface area contributed by atoms with Crippen molar-refractivity contribution >= 4 is 15.7 Å². The minimum absolute atomic E-state index is 0.0159. The van der Waals surface area contributed by atoms with Crippen molar-refractivity contribution in [1.29, 1.82) is 0 Å². The highest BCUT2D eigenvalue weighted by molar-refractivity contribution is 7.88. The molecule has 1 saturated carbocycles. The SMILES string of the molecule is O=c1c(OC2CCCC2)c(N2C[C@@H]3CN(S(=O)(=O)Cc4ccccc4)C[C@@H]3C2)cnn1-c1cc(F)cc(F)c1. The van der Waals surface area contributed by atoms with Crippen LogP contribution in [0.15, 0.2) is 59.5 Å². The maximum Gasteiger partial charge on any atom is 0.316 e. The molecule has 2 aliphatic heterocycles. The van der Waals surface area contributed by atoms with Crippen LogP contribution >= 0.6 is 0 Å². The van der Waals surface area contributed by atoms with Crippen molar-refractivity contribution in [2.75, 3.05) is 31.1 Å². The third-order valence-electron chi connectivity index (χ3n) is 7.97. The molecule has 3 aromatic rings. The van der Waals surface area contributed by atoms with Crippen LogP contribution in [0.2, 0.25) is 0 Å². The van der Waals surface area contributed by atoms with Gasteiger partial charge in [0.05, 0.1) is 23.7 Å². The number of hydrogen-bond donors (Lipinski definition) is 0. The van der Waals surface area contributed by atoms with E-state index in [9.17, 15) is 22.0 Å². The first-order chi connectivity index (χ1) is 18.8. The average molecular weight is 557 g/mol. The molecule has 3 heterocycles. The normalized spacial score (nSPS) is 21.9. The van der Waals surface area contributed by atoms with Crippen LogP contribution < -0.4 is 15.2 Å². The minimum atomic E-state index is -3.45. The predicted octanol–water partition coefficient (Wildman–Crippen LogP) is 3.73. The van der Waals surface area contributed by atoms with E-state index in [-0.39, 0.29) is 35.1 Å². The van der Waals surface area contributed by atoms with E-state index < -0.39 is 27.2 Å². The Morgan fingerprint density at radius 3 is 2.21 bits per heavy atom. The van der Waals surface area contributed by atoms with Crippen molar-refractivity contribution in [2.24, 2.45) is 11.8 Å². The van der Waals surface area contributed by atoms with Crippen molar-refractivity contribution in [3.8, 4) is 11.4 Å². The molecule has 1 aliphatic carbocycles. The van der Waals surface area contributed by atoms with E-state index >= 15 is 0 Å². The van der Waals surface area contributed by atoms with Crippen molar-refractivity contribution < 1.29 is 21.9 Å². The molecule has 0 N–H and O–H groups in total. The fourth-order valence-corrected chi connectivity index (χ4v) is 7.67. The number of anilines is 1. The molecule has 0 radical (unpaired) electrons. The van der Waals surface area contributed by atoms with Crippen LogP contribution in [0.4, 0.5) is 14.5 Å². The number of nitrogens with zero attached hydrogens (tertiary/aromatic N) is 4. The maximum atomic E-state index is 13.9. The van der Waals surface area contributed by atoms with Gasteiger partial charge in [-0.1, -0.05) is 30.3 Å². The van der Waals surface area contributed by atoms with Gasteiger partial charge in [-0.05, 0) is 55.2 Å². The molecule has 2 atom stereocenters. The summed E-state index contributed by atoms with van der Waals surface area (Å²) in [6.07, 6.45) is 5.08. The summed E-state index contributed by atoms with van der Waals surface area (Å²) < 4.78 is 62.7. The van der Waals surface area contributed by atoms with Gasteiger partial charge in [0.2, 0.25) is 15.8 Å². The van der Waals surface area contributed by atoms with E-state index in [4.69, 9.17) is 4.74 Å². The monoisotopic (exact) mass is 556 g/mol. The van der Waals surface area contributed by atoms with Crippen LogP contribution in [-0.4, -0.2) is 54.8 Å². The number of fused-ring (bicyclic) bond motifs is 1. The van der Waals surface area contributed by atoms with Gasteiger partial charge >= 0.3 is 5.56 Å². The molecule has 11 heteroatoms. The predicted molar refractivity (Wildman–Crippen MR) is 142 cm³/mol. The first-order valence-corrected chi connectivity index (χ1v) is 14.9. The number of sulfonamides is 1. The number of benzene rings is 2. The number of aromatic nitrogens is 2. The largest absolute Gasteiger partial charge is 0.483 e. The van der Waals surface area contributed by atoms with Crippen LogP contribution in [0.3, 0.4) is 0 Å². The highest BCUT2D eigenvalue weighted by Crippen LogP contribution is 2.38. The van der Waals surface area contributed by atoms with Crippen LogP contribution in [0, 0.1) is 23.5 Å². The van der Waals surface area contributed by atoms with Crippen LogP contribution in [0.25, 0.3) is 5.69 Å². The second-order valence-corrected chi connectivity index (χ2v) is 12.7. The molecule has 0 spiro atoms. The first-order valence-electron chi connectivity index (χ1n) is 13.3. The molecular formula is C28H30F2N4O4S. The summed E-state index contributed by atoms with van der Waals surface area (Å²) >= 11 is 0. The number of rotatable bonds is 7. The number of hydrogen-bond acceptors (Lipinski definition) is 6. The van der Waals surface area contributed by atoms with E-state index in [1.165, 1.54) is 6.20 Å². The van der Waals surface area contributed by atoms with Gasteiger partial charge in [0.15, 0.2) is 0 Å². The summed E-state index contributed by atoms with van der Waals surface area (Å²) in [5, 5.41) is 4.25. The van der Waals surface area contributed by atoms with Crippen LogP contribution in [0.5, 0.6) is 5.75 Å². The molecule has 3 fully saturated rings. The van der Waals surface area contributed by atoms with Crippen LogP contribution in [-0.2, 0) is 15.8 Å². The van der Waals surface area contributed by atoms with Gasteiger partial charge < -0.3 is 9.64 Å². The number of ether oxygens (including phenoxy) is 1. The molecular weight excluding hydrogens is 526 g/mol. The van der Waals surface area contributed by atoms with Crippen molar-refractivity contribution in [2.45, 2.75) is 37.5 Å². The molecule has 206 valence electrons. The van der Waals surface area contributed by atoms with E-state index in [2.05, 4.69) is 5.10 Å². The fraction of sp³-hybridized carbons (Fsp3) is 0.429. The van der Waals surface area contributed by atoms with Gasteiger partial charge in [-0.15, -0.1) is 0 Å². The van der Waals surface area contributed by atoms with Gasteiger partial charge in [0, 0.05) is 32.2 Å². The summed E-state index contributed by atoms with van der Waals surface area (Å²) in [6.45, 7) is 1.95. The van der Waals surface area contributed by atoms with E-state index in [1.54, 1.807) is 4.31 Å². The highest BCUT2D eigenvalue weighted by Gasteiger charge is 2.44. The van der Waals surface area contributed by atoms with E-state index in [0.717, 1.165) is 54.1 Å². The molecule has 3 aliphatic rings. The van der Waals surface area contributed by atoms with Gasteiger partial charge in [-0.3, -0.25) is 4.79 Å². The molecule has 8 nitrogen and oxygen atoms in total. The Labute approximate surface area is 225 Å². The Morgan fingerprint density at radius 2 is 1.56 bits per heavy atom. The van der Waals surface area contributed by atoms with Crippen molar-refractivity contribution in [1.82, 2.24) is 14.1 Å². The lowest BCUT2D eigenvalue weighted by atomic mass is 10.0. The molecule has 0 bridgehead atoms. The smallest absolute Gasteiger partial charge is 0.316 e. The summed E-state index contributed by atoms with van der Waals surface area (Å²) in [6, 6.07) is 12.0. The Bertz CT molecular complexity index is 1490. The molecule has 0 amide bonds. The first kappa shape index (κ1) is 25.9. The second kappa shape index (κ2) is 10.3. The van der Waals surface area contributed by atoms with E-state index in [0.29, 0.717) is 31.9 Å². The lowest BCUT2D eigenvalue weighted by Gasteiger charge is -2.25. The molecule has 0 unspecified atom stereocenters. The average Bonchev–Trinajstić information content (AvgIpc) is 3.62. The zero-order valence-corrected chi connectivity index (χ0v) is 22.2. The third-order valence-corrected chi connectivity index (χ3v) is 9.76. The maximum absolute atomic E-state index is 13.9. The van der Waals surface area contributed by atoms with Crippen LogP contribution in [0.1, 0.15) is 31.2 Å². The lowest BCUT2D eigenvalue weighted by molar-refractivity contribution is 0.206. The third kappa shape index (κ3) is 5.29. The lowest BCUT2D eigenvalue weighted by Crippen LogP contribution is -2.35. The molecule has 1 aromatic heterocycles. The summed E-state index contributed by atoms with van der Waals surface area (Å²) in [5.41, 5.74) is 0.703. The number of halogens is 2. The van der Waals surface area contributed by atoms with Gasteiger partial charge in [-0.2, -0.15) is 9.78 Å². The minimum Gasteiger partial charge on any atom is -0.483 e. The van der Waals surface area contributed by atoms with Gasteiger partial charge in [0.25, 0.3) is 0 Å². The topological polar surface area (TPSA) is 84.7 Å². The summed E-state index contributed by atoms with van der Waals surface area (Å²) in [5.74, 6) is -1.31. The van der Waals surface area contributed by atoms with Gasteiger partial charge in [-0.25, -0.2) is 21.5 Å². The summed E-state index contributed by atoms with van der Waals surface area (Å²) in [4.78, 5) is 15.6. The Balaban J connectivity index is 1.24. The van der Waals surface area contributed by atoms with Crippen molar-refractivity contribution in [3.05, 3.63) is 82.3 Å². The highest BCUT2D eigenvalue weighted by atomic mass is 32.2.